The SMILES string of the molecule is CC(C)(C)NC(=O)c1ccc(S(=O)Nc2cc(F)c(C(=O)O)cc2F)cc1F. The first-order valence-corrected chi connectivity index (χ1v) is 9.07. The second kappa shape index (κ2) is 8.01. The van der Waals surface area contributed by atoms with Crippen molar-refractivity contribution >= 4 is 28.5 Å². The minimum Gasteiger partial charge on any atom is -0.478 e. The molecule has 0 aliphatic carbocycles. The molecule has 1 atom stereocenters. The van der Waals surface area contributed by atoms with Crippen LogP contribution in [0.15, 0.2) is 35.2 Å². The zero-order valence-electron chi connectivity index (χ0n) is 15.1. The highest BCUT2D eigenvalue weighted by atomic mass is 32.2. The van der Waals surface area contributed by atoms with Crippen molar-refractivity contribution in [1.82, 2.24) is 5.32 Å². The smallest absolute Gasteiger partial charge is 0.338 e. The highest BCUT2D eigenvalue weighted by Gasteiger charge is 2.20. The van der Waals surface area contributed by atoms with Crippen LogP contribution in [-0.2, 0) is 11.0 Å². The van der Waals surface area contributed by atoms with E-state index in [1.54, 1.807) is 20.8 Å². The molecule has 0 fully saturated rings. The van der Waals surface area contributed by atoms with Gasteiger partial charge in [0.1, 0.15) is 28.4 Å². The summed E-state index contributed by atoms with van der Waals surface area (Å²) in [7, 11) is -2.20. The van der Waals surface area contributed by atoms with E-state index in [0.29, 0.717) is 12.1 Å². The number of rotatable bonds is 5. The summed E-state index contributed by atoms with van der Waals surface area (Å²) < 4.78 is 56.3. The second-order valence-electron chi connectivity index (χ2n) is 6.83. The van der Waals surface area contributed by atoms with Gasteiger partial charge in [-0.3, -0.25) is 9.52 Å². The van der Waals surface area contributed by atoms with Gasteiger partial charge >= 0.3 is 5.97 Å². The topological polar surface area (TPSA) is 95.5 Å². The van der Waals surface area contributed by atoms with Crippen LogP contribution in [0.25, 0.3) is 0 Å². The molecule has 0 saturated carbocycles. The van der Waals surface area contributed by atoms with E-state index >= 15 is 0 Å². The minimum atomic E-state index is -2.20. The van der Waals surface area contributed by atoms with Crippen molar-refractivity contribution in [2.75, 3.05) is 4.72 Å². The Labute approximate surface area is 161 Å². The number of nitrogens with one attached hydrogen (secondary N) is 2. The molecule has 0 radical (unpaired) electrons. The average Bonchev–Trinajstić information content (AvgIpc) is 2.55. The lowest BCUT2D eigenvalue weighted by molar-refractivity contribution is 0.0691. The molecule has 10 heteroatoms. The molecule has 1 unspecified atom stereocenters. The van der Waals surface area contributed by atoms with E-state index in [0.717, 1.165) is 12.1 Å². The molecule has 6 nitrogen and oxygen atoms in total. The molecule has 0 saturated heterocycles. The fourth-order valence-electron chi connectivity index (χ4n) is 2.15. The number of benzene rings is 2. The van der Waals surface area contributed by atoms with Gasteiger partial charge in [-0.05, 0) is 45.0 Å². The summed E-state index contributed by atoms with van der Waals surface area (Å²) in [5.74, 6) is -5.63. The van der Waals surface area contributed by atoms with E-state index in [-0.39, 0.29) is 10.5 Å². The maximum Gasteiger partial charge on any atom is 0.338 e. The molecule has 2 aromatic carbocycles. The second-order valence-corrected chi connectivity index (χ2v) is 8.05. The number of carboxylic acids is 1. The normalized spacial score (nSPS) is 12.4. The third-order valence-electron chi connectivity index (χ3n) is 3.38. The van der Waals surface area contributed by atoms with Gasteiger partial charge in [-0.2, -0.15) is 0 Å². The van der Waals surface area contributed by atoms with Gasteiger partial charge < -0.3 is 10.4 Å². The quantitative estimate of drug-likeness (QED) is 0.698. The predicted octanol–water partition coefficient (Wildman–Crippen LogP) is 3.47. The van der Waals surface area contributed by atoms with Crippen molar-refractivity contribution in [2.45, 2.75) is 31.2 Å². The van der Waals surface area contributed by atoms with Crippen LogP contribution in [0.4, 0.5) is 18.9 Å². The number of anilines is 1. The van der Waals surface area contributed by atoms with E-state index in [9.17, 15) is 27.0 Å². The molecule has 0 bridgehead atoms. The fraction of sp³-hybridized carbons (Fsp3) is 0.222. The Morgan fingerprint density at radius 1 is 0.964 bits per heavy atom. The summed E-state index contributed by atoms with van der Waals surface area (Å²) in [6.45, 7) is 5.17. The summed E-state index contributed by atoms with van der Waals surface area (Å²) in [5, 5.41) is 11.3. The third kappa shape index (κ3) is 5.10. The molecule has 3 N–H and O–H groups in total. The molecule has 0 spiro atoms. The minimum absolute atomic E-state index is 0.132. The van der Waals surface area contributed by atoms with E-state index in [1.807, 2.05) is 0 Å². The first kappa shape index (κ1) is 21.4. The van der Waals surface area contributed by atoms with Gasteiger partial charge in [-0.1, -0.05) is 0 Å². The van der Waals surface area contributed by atoms with Crippen LogP contribution in [0.1, 0.15) is 41.5 Å². The fourth-order valence-corrected chi connectivity index (χ4v) is 3.03. The van der Waals surface area contributed by atoms with Gasteiger partial charge in [0.25, 0.3) is 5.91 Å². The standard InChI is InChI=1S/C18H17F3N2O4S/c1-18(2,3)22-16(24)10-5-4-9(6-12(10)19)28(27)23-15-8-13(20)11(17(25)26)7-14(15)21/h4-8,23H,1-3H3,(H,22,24)(H,25,26). The molecule has 0 aliphatic heterocycles. The molecule has 0 aromatic heterocycles. The highest BCUT2D eigenvalue weighted by Crippen LogP contribution is 2.22. The van der Waals surface area contributed by atoms with Gasteiger partial charge in [0, 0.05) is 11.6 Å². The number of hydrogen-bond donors (Lipinski definition) is 3. The summed E-state index contributed by atoms with van der Waals surface area (Å²) >= 11 is 0. The average molecular weight is 414 g/mol. The van der Waals surface area contributed by atoms with Crippen LogP contribution in [0, 0.1) is 17.5 Å². The van der Waals surface area contributed by atoms with E-state index in [1.165, 1.54) is 6.07 Å². The van der Waals surface area contributed by atoms with Crippen molar-refractivity contribution in [2.24, 2.45) is 0 Å². The number of halogens is 3. The first-order chi connectivity index (χ1) is 12.9. The molecule has 2 aromatic rings. The summed E-state index contributed by atoms with van der Waals surface area (Å²) in [6.07, 6.45) is 0. The molecular formula is C18H17F3N2O4S. The maximum atomic E-state index is 14.2. The van der Waals surface area contributed by atoms with Crippen LogP contribution >= 0.6 is 0 Å². The number of carboxylic acid groups (broad SMARTS) is 1. The summed E-state index contributed by atoms with van der Waals surface area (Å²) in [6, 6.07) is 4.13. The van der Waals surface area contributed by atoms with Crippen molar-refractivity contribution in [3.63, 3.8) is 0 Å². The third-order valence-corrected chi connectivity index (χ3v) is 4.46. The van der Waals surface area contributed by atoms with Crippen LogP contribution < -0.4 is 10.0 Å². The monoisotopic (exact) mass is 414 g/mol. The van der Waals surface area contributed by atoms with Gasteiger partial charge in [-0.25, -0.2) is 22.2 Å². The Hall–Kier alpha value is -2.88. The lowest BCUT2D eigenvalue weighted by Crippen LogP contribution is -2.40. The van der Waals surface area contributed by atoms with Crippen LogP contribution in [0.3, 0.4) is 0 Å². The highest BCUT2D eigenvalue weighted by molar-refractivity contribution is 7.86. The molecule has 28 heavy (non-hydrogen) atoms. The van der Waals surface area contributed by atoms with Crippen LogP contribution in [0.5, 0.6) is 0 Å². The lowest BCUT2D eigenvalue weighted by atomic mass is 10.1. The number of amides is 1. The van der Waals surface area contributed by atoms with E-state index < -0.39 is 57.1 Å². The van der Waals surface area contributed by atoms with Gasteiger partial charge in [0.05, 0.1) is 21.7 Å². The number of hydrogen-bond acceptors (Lipinski definition) is 3. The molecule has 0 aliphatic rings. The number of carbonyl (C=O) groups excluding carboxylic acids is 1. The Bertz CT molecular complexity index is 974. The van der Waals surface area contributed by atoms with Crippen molar-refractivity contribution in [3.8, 4) is 0 Å². The lowest BCUT2D eigenvalue weighted by Gasteiger charge is -2.20. The van der Waals surface area contributed by atoms with E-state index in [2.05, 4.69) is 10.0 Å². The first-order valence-electron chi connectivity index (χ1n) is 7.92. The van der Waals surface area contributed by atoms with Gasteiger partial charge in [-0.15, -0.1) is 0 Å². The van der Waals surface area contributed by atoms with Gasteiger partial charge in [0.2, 0.25) is 0 Å². The van der Waals surface area contributed by atoms with Crippen molar-refractivity contribution < 1.29 is 32.1 Å². The molecule has 1 amide bonds. The summed E-state index contributed by atoms with van der Waals surface area (Å²) in [5.41, 5.74) is -2.29. The predicted molar refractivity (Wildman–Crippen MR) is 97.0 cm³/mol. The Balaban J connectivity index is 2.24. The zero-order chi connectivity index (χ0) is 21.2. The molecule has 0 heterocycles. The van der Waals surface area contributed by atoms with Crippen molar-refractivity contribution in [1.29, 1.82) is 0 Å². The van der Waals surface area contributed by atoms with Crippen molar-refractivity contribution in [3.05, 3.63) is 58.9 Å². The largest absolute Gasteiger partial charge is 0.478 e. The molecule has 2 rings (SSSR count). The van der Waals surface area contributed by atoms with Crippen LogP contribution in [-0.4, -0.2) is 26.7 Å². The Kier molecular flexibility index (Phi) is 6.13. The zero-order valence-corrected chi connectivity index (χ0v) is 15.9. The number of aromatic carboxylic acids is 1. The van der Waals surface area contributed by atoms with Crippen LogP contribution in [0.2, 0.25) is 0 Å². The van der Waals surface area contributed by atoms with Gasteiger partial charge in [0.15, 0.2) is 0 Å². The maximum absolute atomic E-state index is 14.2. The molecule has 150 valence electrons. The number of carbonyl (C=O) groups is 2. The summed E-state index contributed by atoms with van der Waals surface area (Å²) in [4.78, 5) is 22.7. The molecular weight excluding hydrogens is 397 g/mol. The Morgan fingerprint density at radius 2 is 1.57 bits per heavy atom. The van der Waals surface area contributed by atoms with E-state index in [4.69, 9.17) is 5.11 Å². The Morgan fingerprint density at radius 3 is 2.11 bits per heavy atom.